The zero-order valence-corrected chi connectivity index (χ0v) is 11.1. The van der Waals surface area contributed by atoms with Gasteiger partial charge in [-0.2, -0.15) is 0 Å². The average Bonchev–Trinajstić information content (AvgIpc) is 2.96. The predicted molar refractivity (Wildman–Crippen MR) is 68.2 cm³/mol. The second-order valence-corrected chi connectivity index (χ2v) is 5.57. The Labute approximate surface area is 104 Å². The topological polar surface area (TPSA) is 42.5 Å². The summed E-state index contributed by atoms with van der Waals surface area (Å²) in [5.41, 5.74) is 0.551. The van der Waals surface area contributed by atoms with Crippen molar-refractivity contribution >= 4 is 0 Å². The van der Waals surface area contributed by atoms with E-state index in [0.717, 1.165) is 32.7 Å². The van der Waals surface area contributed by atoms with E-state index in [9.17, 15) is 0 Å². The summed E-state index contributed by atoms with van der Waals surface area (Å²) in [7, 11) is 3.59. The van der Waals surface area contributed by atoms with E-state index in [1.807, 2.05) is 0 Å². The molecule has 0 aromatic rings. The zero-order valence-electron chi connectivity index (χ0n) is 11.1. The second-order valence-electron chi connectivity index (χ2n) is 5.57. The molecule has 0 amide bonds. The van der Waals surface area contributed by atoms with Crippen molar-refractivity contribution < 1.29 is 9.47 Å². The van der Waals surface area contributed by atoms with Gasteiger partial charge >= 0.3 is 0 Å². The van der Waals surface area contributed by atoms with Gasteiger partial charge in [-0.1, -0.05) is 0 Å². The molecule has 0 aromatic carbocycles. The van der Waals surface area contributed by atoms with Gasteiger partial charge in [-0.15, -0.1) is 0 Å². The van der Waals surface area contributed by atoms with Gasteiger partial charge in [0.1, 0.15) is 0 Å². The Bertz CT molecular complexity index is 231. The van der Waals surface area contributed by atoms with Gasteiger partial charge in [0.15, 0.2) is 0 Å². The Balaban J connectivity index is 1.57. The molecule has 1 saturated heterocycles. The summed E-state index contributed by atoms with van der Waals surface area (Å²) in [4.78, 5) is 0. The molecule has 17 heavy (non-hydrogen) atoms. The van der Waals surface area contributed by atoms with Crippen LogP contribution in [0.3, 0.4) is 0 Å². The molecule has 1 heterocycles. The molecule has 0 radical (unpaired) electrons. The van der Waals surface area contributed by atoms with Crippen LogP contribution in [-0.2, 0) is 9.47 Å². The van der Waals surface area contributed by atoms with Crippen molar-refractivity contribution in [2.75, 3.05) is 40.5 Å². The largest absolute Gasteiger partial charge is 0.385 e. The first-order valence-corrected chi connectivity index (χ1v) is 6.74. The molecule has 0 spiro atoms. The van der Waals surface area contributed by atoms with Crippen molar-refractivity contribution in [1.82, 2.24) is 10.6 Å². The third-order valence-electron chi connectivity index (χ3n) is 4.20. The van der Waals surface area contributed by atoms with Crippen molar-refractivity contribution in [3.05, 3.63) is 0 Å². The zero-order chi connectivity index (χ0) is 12.1. The minimum atomic E-state index is 0.408. The van der Waals surface area contributed by atoms with Crippen LogP contribution in [0.2, 0.25) is 0 Å². The van der Waals surface area contributed by atoms with Gasteiger partial charge in [0.05, 0.1) is 6.10 Å². The number of hydrogen-bond donors (Lipinski definition) is 2. The maximum atomic E-state index is 5.35. The van der Waals surface area contributed by atoms with Crippen LogP contribution in [0.15, 0.2) is 0 Å². The van der Waals surface area contributed by atoms with E-state index in [0.29, 0.717) is 17.6 Å². The Morgan fingerprint density at radius 2 is 2.18 bits per heavy atom. The summed E-state index contributed by atoms with van der Waals surface area (Å²) in [6, 6.07) is 0.582. The summed E-state index contributed by atoms with van der Waals surface area (Å²) in [5.74, 6) is 0. The van der Waals surface area contributed by atoms with Crippen molar-refractivity contribution in [2.24, 2.45) is 5.41 Å². The Kier molecular flexibility index (Phi) is 4.79. The molecule has 2 fully saturated rings. The molecule has 1 aliphatic heterocycles. The predicted octanol–water partition coefficient (Wildman–Crippen LogP) is 0.770. The van der Waals surface area contributed by atoms with Crippen molar-refractivity contribution in [3.8, 4) is 0 Å². The fourth-order valence-electron chi connectivity index (χ4n) is 2.64. The number of nitrogens with one attached hydrogen (secondary N) is 2. The molecule has 4 heteroatoms. The minimum Gasteiger partial charge on any atom is -0.385 e. The average molecular weight is 242 g/mol. The van der Waals surface area contributed by atoms with E-state index in [2.05, 4.69) is 10.6 Å². The second kappa shape index (κ2) is 6.14. The Hall–Kier alpha value is -0.160. The molecule has 1 aliphatic carbocycles. The molecule has 0 aromatic heterocycles. The van der Waals surface area contributed by atoms with Gasteiger partial charge in [0, 0.05) is 46.5 Å². The lowest BCUT2D eigenvalue weighted by Gasteiger charge is -2.17. The van der Waals surface area contributed by atoms with E-state index in [-0.39, 0.29) is 0 Å². The smallest absolute Gasteiger partial charge is 0.0711 e. The Morgan fingerprint density at radius 1 is 1.35 bits per heavy atom. The van der Waals surface area contributed by atoms with Gasteiger partial charge in [-0.25, -0.2) is 0 Å². The van der Waals surface area contributed by atoms with Crippen LogP contribution < -0.4 is 10.6 Å². The highest BCUT2D eigenvalue weighted by Gasteiger charge is 2.41. The molecular formula is C13H26N2O2. The number of rotatable bonds is 8. The standard InChI is InChI=1S/C13H26N2O2/c1-16-6-5-13(3-4-13)10-14-8-11-7-12(17-2)9-15-11/h11-12,14-15H,3-10H2,1-2H3. The lowest BCUT2D eigenvalue weighted by Crippen LogP contribution is -2.36. The fourth-order valence-corrected chi connectivity index (χ4v) is 2.64. The summed E-state index contributed by atoms with van der Waals surface area (Å²) in [6.07, 6.45) is 5.47. The highest BCUT2D eigenvalue weighted by Crippen LogP contribution is 2.48. The third kappa shape index (κ3) is 3.91. The lowest BCUT2D eigenvalue weighted by atomic mass is 10.0. The number of methoxy groups -OCH3 is 2. The van der Waals surface area contributed by atoms with Crippen LogP contribution >= 0.6 is 0 Å². The highest BCUT2D eigenvalue weighted by molar-refractivity contribution is 4.95. The van der Waals surface area contributed by atoms with Crippen LogP contribution in [0.4, 0.5) is 0 Å². The summed E-state index contributed by atoms with van der Waals surface area (Å²) >= 11 is 0. The van der Waals surface area contributed by atoms with Crippen LogP contribution in [0.1, 0.15) is 25.7 Å². The highest BCUT2D eigenvalue weighted by atomic mass is 16.5. The molecule has 1 saturated carbocycles. The van der Waals surface area contributed by atoms with E-state index < -0.39 is 0 Å². The van der Waals surface area contributed by atoms with Gasteiger partial charge in [-0.05, 0) is 31.1 Å². The van der Waals surface area contributed by atoms with Gasteiger partial charge in [0.2, 0.25) is 0 Å². The summed E-state index contributed by atoms with van der Waals surface area (Å²) in [6.45, 7) is 4.10. The SMILES string of the molecule is COCCC1(CNCC2CC(OC)CN2)CC1. The minimum absolute atomic E-state index is 0.408. The first-order valence-electron chi connectivity index (χ1n) is 6.74. The van der Waals surface area contributed by atoms with Crippen LogP contribution in [0, 0.1) is 5.41 Å². The number of hydrogen-bond acceptors (Lipinski definition) is 4. The normalized spacial score (nSPS) is 30.7. The monoisotopic (exact) mass is 242 g/mol. The fraction of sp³-hybridized carbons (Fsp3) is 1.00. The first kappa shape index (κ1) is 13.3. The molecule has 2 rings (SSSR count). The molecule has 100 valence electrons. The van der Waals surface area contributed by atoms with Crippen molar-refractivity contribution in [2.45, 2.75) is 37.8 Å². The van der Waals surface area contributed by atoms with E-state index in [4.69, 9.17) is 9.47 Å². The molecule has 2 unspecified atom stereocenters. The number of ether oxygens (including phenoxy) is 2. The lowest BCUT2D eigenvalue weighted by molar-refractivity contribution is 0.117. The van der Waals surface area contributed by atoms with Crippen molar-refractivity contribution in [1.29, 1.82) is 0 Å². The van der Waals surface area contributed by atoms with Crippen LogP contribution in [-0.4, -0.2) is 52.6 Å². The van der Waals surface area contributed by atoms with Gasteiger partial charge in [0.25, 0.3) is 0 Å². The molecular weight excluding hydrogens is 216 g/mol. The summed E-state index contributed by atoms with van der Waals surface area (Å²) in [5, 5.41) is 7.11. The van der Waals surface area contributed by atoms with Crippen LogP contribution in [0.5, 0.6) is 0 Å². The van der Waals surface area contributed by atoms with Gasteiger partial charge < -0.3 is 20.1 Å². The summed E-state index contributed by atoms with van der Waals surface area (Å²) < 4.78 is 10.5. The maximum absolute atomic E-state index is 5.35. The maximum Gasteiger partial charge on any atom is 0.0711 e. The molecule has 2 aliphatic rings. The van der Waals surface area contributed by atoms with Crippen molar-refractivity contribution in [3.63, 3.8) is 0 Å². The molecule has 0 bridgehead atoms. The van der Waals surface area contributed by atoms with E-state index in [1.54, 1.807) is 14.2 Å². The van der Waals surface area contributed by atoms with Crippen LogP contribution in [0.25, 0.3) is 0 Å². The van der Waals surface area contributed by atoms with Gasteiger partial charge in [-0.3, -0.25) is 0 Å². The Morgan fingerprint density at radius 3 is 2.76 bits per heavy atom. The third-order valence-corrected chi connectivity index (χ3v) is 4.20. The van der Waals surface area contributed by atoms with E-state index in [1.165, 1.54) is 19.3 Å². The molecule has 4 nitrogen and oxygen atoms in total. The quantitative estimate of drug-likeness (QED) is 0.660. The first-order chi connectivity index (χ1) is 8.28. The molecule has 2 atom stereocenters. The van der Waals surface area contributed by atoms with E-state index >= 15 is 0 Å². The molecule has 2 N–H and O–H groups in total.